The number of aromatic hydroxyl groups is 4. The standard InChI is InChI=1S/2C15H12O6/c2*16-12-3-1-8(6-10(12)14(18)19)5-9-2-4-13(17)11(7-9)15(20)21/h2*1-4,6-7,16-17H,5H2,(H,18,19)(H,20,21). The maximum Gasteiger partial charge on any atom is 0.339 e. The van der Waals surface area contributed by atoms with E-state index in [2.05, 4.69) is 0 Å². The molecule has 4 rings (SSSR count). The summed E-state index contributed by atoms with van der Waals surface area (Å²) in [5, 5.41) is 73.5. The number of carboxylic acid groups (broad SMARTS) is 4. The van der Waals surface area contributed by atoms with Gasteiger partial charge in [0.25, 0.3) is 0 Å². The molecule has 0 unspecified atom stereocenters. The van der Waals surface area contributed by atoms with E-state index in [4.69, 9.17) is 20.4 Å². The Balaban J connectivity index is 0.000000230. The average Bonchev–Trinajstić information content (AvgIpc) is 2.92. The zero-order valence-corrected chi connectivity index (χ0v) is 21.6. The van der Waals surface area contributed by atoms with E-state index in [1.807, 2.05) is 0 Å². The van der Waals surface area contributed by atoms with Crippen molar-refractivity contribution in [2.75, 3.05) is 0 Å². The first-order valence-corrected chi connectivity index (χ1v) is 12.0. The van der Waals surface area contributed by atoms with Crippen molar-refractivity contribution in [2.45, 2.75) is 12.8 Å². The fraction of sp³-hybridized carbons (Fsp3) is 0.0667. The predicted octanol–water partition coefficient (Wildman–Crippen LogP) is 4.17. The second-order valence-corrected chi connectivity index (χ2v) is 8.98. The van der Waals surface area contributed by atoms with Crippen molar-refractivity contribution in [3.63, 3.8) is 0 Å². The van der Waals surface area contributed by atoms with E-state index < -0.39 is 23.9 Å². The lowest BCUT2D eigenvalue weighted by molar-refractivity contribution is 0.0682. The van der Waals surface area contributed by atoms with Gasteiger partial charge in [-0.25, -0.2) is 19.2 Å². The van der Waals surface area contributed by atoms with Gasteiger partial charge in [-0.15, -0.1) is 0 Å². The van der Waals surface area contributed by atoms with Gasteiger partial charge in [0, 0.05) is 0 Å². The van der Waals surface area contributed by atoms with Crippen LogP contribution >= 0.6 is 0 Å². The molecule has 12 nitrogen and oxygen atoms in total. The van der Waals surface area contributed by atoms with Crippen molar-refractivity contribution in [2.24, 2.45) is 0 Å². The van der Waals surface area contributed by atoms with Crippen molar-refractivity contribution in [1.82, 2.24) is 0 Å². The molecule has 0 spiro atoms. The van der Waals surface area contributed by atoms with Crippen LogP contribution in [0.1, 0.15) is 63.7 Å². The van der Waals surface area contributed by atoms with E-state index in [9.17, 15) is 39.6 Å². The van der Waals surface area contributed by atoms with Gasteiger partial charge in [0.05, 0.1) is 0 Å². The Kier molecular flexibility index (Phi) is 9.35. The van der Waals surface area contributed by atoms with E-state index in [0.717, 1.165) is 0 Å². The van der Waals surface area contributed by atoms with Gasteiger partial charge < -0.3 is 40.9 Å². The third kappa shape index (κ3) is 7.54. The molecule has 0 bridgehead atoms. The molecule has 0 radical (unpaired) electrons. The minimum atomic E-state index is -1.24. The lowest BCUT2D eigenvalue weighted by Crippen LogP contribution is -2.01. The Hall–Kier alpha value is -6.04. The Morgan fingerprint density at radius 1 is 0.381 bits per heavy atom. The molecular weight excluding hydrogens is 552 g/mol. The Bertz CT molecular complexity index is 1440. The van der Waals surface area contributed by atoms with Crippen LogP contribution < -0.4 is 0 Å². The summed E-state index contributed by atoms with van der Waals surface area (Å²) in [5.74, 6) is -6.30. The summed E-state index contributed by atoms with van der Waals surface area (Å²) in [5.41, 5.74) is 1.54. The summed E-state index contributed by atoms with van der Waals surface area (Å²) in [7, 11) is 0. The van der Waals surface area contributed by atoms with Gasteiger partial charge >= 0.3 is 23.9 Å². The van der Waals surface area contributed by atoms with Crippen LogP contribution in [0, 0.1) is 0 Å². The topological polar surface area (TPSA) is 230 Å². The fourth-order valence-corrected chi connectivity index (χ4v) is 3.93. The molecule has 0 aliphatic heterocycles. The lowest BCUT2D eigenvalue weighted by Gasteiger charge is -2.07. The summed E-state index contributed by atoms with van der Waals surface area (Å²) in [6.07, 6.45) is 0.558. The summed E-state index contributed by atoms with van der Waals surface area (Å²) >= 11 is 0. The smallest absolute Gasteiger partial charge is 0.339 e. The molecule has 4 aromatic carbocycles. The molecule has 0 saturated heterocycles. The Morgan fingerprint density at radius 3 is 0.738 bits per heavy atom. The summed E-state index contributed by atoms with van der Waals surface area (Å²) in [6, 6.07) is 16.6. The first-order valence-electron chi connectivity index (χ1n) is 12.0. The molecule has 4 aromatic rings. The molecule has 216 valence electrons. The third-order valence-electron chi connectivity index (χ3n) is 5.98. The highest BCUT2D eigenvalue weighted by Crippen LogP contribution is 2.25. The molecule has 42 heavy (non-hydrogen) atoms. The number of carbonyl (C=O) groups is 4. The predicted molar refractivity (Wildman–Crippen MR) is 146 cm³/mol. The van der Waals surface area contributed by atoms with Crippen molar-refractivity contribution >= 4 is 23.9 Å². The molecular formula is C30H24O12. The van der Waals surface area contributed by atoms with Gasteiger partial charge in [0.2, 0.25) is 0 Å². The molecule has 12 heteroatoms. The molecule has 0 amide bonds. The van der Waals surface area contributed by atoms with Gasteiger partial charge in [-0.05, 0) is 83.6 Å². The molecule has 8 N–H and O–H groups in total. The first-order chi connectivity index (χ1) is 19.8. The summed E-state index contributed by atoms with van der Waals surface area (Å²) in [4.78, 5) is 43.8. The van der Waals surface area contributed by atoms with Crippen molar-refractivity contribution in [1.29, 1.82) is 0 Å². The Morgan fingerprint density at radius 2 is 0.571 bits per heavy atom. The molecule has 0 saturated carbocycles. The molecule has 0 aliphatic carbocycles. The van der Waals surface area contributed by atoms with Crippen LogP contribution in [0.15, 0.2) is 72.8 Å². The molecule has 0 aliphatic rings. The highest BCUT2D eigenvalue weighted by Gasteiger charge is 2.14. The molecule has 0 aromatic heterocycles. The number of hydrogen-bond acceptors (Lipinski definition) is 8. The van der Waals surface area contributed by atoms with Gasteiger partial charge in [0.1, 0.15) is 45.3 Å². The van der Waals surface area contributed by atoms with Crippen LogP contribution in [0.2, 0.25) is 0 Å². The average molecular weight is 577 g/mol. The second-order valence-electron chi connectivity index (χ2n) is 8.98. The third-order valence-corrected chi connectivity index (χ3v) is 5.98. The van der Waals surface area contributed by atoms with Gasteiger partial charge in [-0.2, -0.15) is 0 Å². The van der Waals surface area contributed by atoms with Gasteiger partial charge in [0.15, 0.2) is 0 Å². The number of phenols is 4. The number of aromatic carboxylic acids is 4. The minimum absolute atomic E-state index is 0.218. The lowest BCUT2D eigenvalue weighted by atomic mass is 10.0. The molecule has 0 fully saturated rings. The van der Waals surface area contributed by atoms with Crippen molar-refractivity contribution in [3.05, 3.63) is 117 Å². The van der Waals surface area contributed by atoms with Crippen LogP contribution in [-0.4, -0.2) is 64.7 Å². The van der Waals surface area contributed by atoms with Gasteiger partial charge in [-0.3, -0.25) is 0 Å². The maximum absolute atomic E-state index is 10.9. The van der Waals surface area contributed by atoms with Gasteiger partial charge in [-0.1, -0.05) is 24.3 Å². The molecule has 0 atom stereocenters. The number of hydrogen-bond donors (Lipinski definition) is 8. The summed E-state index contributed by atoms with van der Waals surface area (Å²) in [6.45, 7) is 0. The highest BCUT2D eigenvalue weighted by atomic mass is 16.4. The monoisotopic (exact) mass is 576 g/mol. The second kappa shape index (κ2) is 12.9. The zero-order valence-electron chi connectivity index (χ0n) is 21.6. The maximum atomic E-state index is 10.9. The SMILES string of the molecule is O=C(O)c1cc(Cc2ccc(O)c(C(=O)O)c2)ccc1O.O=C(O)c1cc(Cc2ccc(O)c(C(=O)O)c2)ccc1O. The number of carboxylic acids is 4. The zero-order chi connectivity index (χ0) is 31.1. The summed E-state index contributed by atoms with van der Waals surface area (Å²) < 4.78 is 0. The number of rotatable bonds is 8. The quantitative estimate of drug-likeness (QED) is 0.148. The fourth-order valence-electron chi connectivity index (χ4n) is 3.93. The van der Waals surface area contributed by atoms with Crippen LogP contribution in [0.25, 0.3) is 0 Å². The minimum Gasteiger partial charge on any atom is -0.507 e. The van der Waals surface area contributed by atoms with E-state index in [-0.39, 0.29) is 58.1 Å². The van der Waals surface area contributed by atoms with Crippen molar-refractivity contribution < 1.29 is 60.0 Å². The first kappa shape index (κ1) is 30.5. The number of benzene rings is 4. The van der Waals surface area contributed by atoms with Crippen LogP contribution in [0.5, 0.6) is 23.0 Å². The largest absolute Gasteiger partial charge is 0.507 e. The van der Waals surface area contributed by atoms with Crippen LogP contribution in [0.3, 0.4) is 0 Å². The normalized spacial score (nSPS) is 10.3. The van der Waals surface area contributed by atoms with E-state index in [1.165, 1.54) is 48.5 Å². The van der Waals surface area contributed by atoms with E-state index >= 15 is 0 Å². The van der Waals surface area contributed by atoms with E-state index in [1.54, 1.807) is 24.3 Å². The highest BCUT2D eigenvalue weighted by molar-refractivity contribution is 5.92. The van der Waals surface area contributed by atoms with Crippen LogP contribution in [-0.2, 0) is 12.8 Å². The van der Waals surface area contributed by atoms with Crippen LogP contribution in [0.4, 0.5) is 0 Å². The van der Waals surface area contributed by atoms with E-state index in [0.29, 0.717) is 22.3 Å². The molecule has 0 heterocycles. The van der Waals surface area contributed by atoms with Crippen molar-refractivity contribution in [3.8, 4) is 23.0 Å². The Labute approximate surface area is 237 Å².